The van der Waals surface area contributed by atoms with Gasteiger partial charge in [0.05, 0.1) is 18.1 Å². The van der Waals surface area contributed by atoms with Crippen LogP contribution in [-0.2, 0) is 11.8 Å². The van der Waals surface area contributed by atoms with Gasteiger partial charge in [0.2, 0.25) is 0 Å². The van der Waals surface area contributed by atoms with E-state index in [0.717, 1.165) is 17.6 Å². The molecule has 1 N–H and O–H groups in total. The van der Waals surface area contributed by atoms with Gasteiger partial charge in [-0.1, -0.05) is 18.9 Å². The first-order valence-electron chi connectivity index (χ1n) is 9.62. The third kappa shape index (κ3) is 2.38. The summed E-state index contributed by atoms with van der Waals surface area (Å²) in [6.07, 6.45) is 13.3. The van der Waals surface area contributed by atoms with Crippen molar-refractivity contribution in [3.8, 4) is 0 Å². The van der Waals surface area contributed by atoms with Crippen molar-refractivity contribution in [1.29, 1.82) is 0 Å². The highest BCUT2D eigenvalue weighted by atomic mass is 15.1. The lowest BCUT2D eigenvalue weighted by Crippen LogP contribution is -2.59. The van der Waals surface area contributed by atoms with Gasteiger partial charge in [-0.2, -0.15) is 0 Å². The third-order valence-electron chi connectivity index (χ3n) is 6.96. The molecule has 0 spiro atoms. The number of hydrogen-bond acceptors (Lipinski definition) is 4. The molecule has 2 aliphatic carbocycles. The largest absolute Gasteiger partial charge is 0.353 e. The van der Waals surface area contributed by atoms with Crippen molar-refractivity contribution in [1.82, 2.24) is 14.9 Å². The van der Waals surface area contributed by atoms with E-state index in [9.17, 15) is 0 Å². The lowest BCUT2D eigenvalue weighted by atomic mass is 9.52. The summed E-state index contributed by atoms with van der Waals surface area (Å²) >= 11 is 0. The molecular weight excluding hydrogens is 308 g/mol. The van der Waals surface area contributed by atoms with Crippen LogP contribution in [0.1, 0.15) is 43.2 Å². The molecule has 3 atom stereocenters. The minimum atomic E-state index is 0.411. The van der Waals surface area contributed by atoms with Crippen molar-refractivity contribution in [2.45, 2.75) is 50.0 Å². The molecule has 4 heteroatoms. The molecule has 1 aromatic carbocycles. The quantitative estimate of drug-likeness (QED) is 0.904. The van der Waals surface area contributed by atoms with Gasteiger partial charge in [-0.25, -0.2) is 9.97 Å². The predicted molar refractivity (Wildman–Crippen MR) is 100 cm³/mol. The summed E-state index contributed by atoms with van der Waals surface area (Å²) in [5.41, 5.74) is 5.74. The number of piperidine rings is 1. The Labute approximate surface area is 149 Å². The highest BCUT2D eigenvalue weighted by Crippen LogP contribution is 2.55. The van der Waals surface area contributed by atoms with Crippen molar-refractivity contribution in [2.24, 2.45) is 5.92 Å². The number of hydrogen-bond donors (Lipinski definition) is 1. The molecule has 130 valence electrons. The molecule has 5 rings (SSSR count). The standard InChI is InChI=1S/C21H26N4/c1-25-9-8-21-7-3-2-4-18(21)20(25)10-15-5-6-16(11-19(15)21)24-17-12-22-14-23-13-17/h5-6,11-14,18,20,24H,2-4,7-10H2,1H3/t18-,20+,21?/m0/s1. The van der Waals surface area contributed by atoms with Crippen LogP contribution >= 0.6 is 0 Å². The fourth-order valence-corrected chi connectivity index (χ4v) is 5.80. The maximum atomic E-state index is 4.11. The summed E-state index contributed by atoms with van der Waals surface area (Å²) in [5, 5.41) is 3.49. The number of anilines is 2. The van der Waals surface area contributed by atoms with E-state index in [1.54, 1.807) is 17.5 Å². The van der Waals surface area contributed by atoms with Gasteiger partial charge < -0.3 is 10.2 Å². The van der Waals surface area contributed by atoms with Crippen molar-refractivity contribution >= 4 is 11.4 Å². The number of likely N-dealkylation sites (N-methyl/N-ethyl adjacent to an activating group) is 1. The second-order valence-corrected chi connectivity index (χ2v) is 8.13. The zero-order valence-electron chi connectivity index (χ0n) is 14.9. The van der Waals surface area contributed by atoms with Gasteiger partial charge in [-0.3, -0.25) is 0 Å². The van der Waals surface area contributed by atoms with Crippen molar-refractivity contribution < 1.29 is 0 Å². The first-order valence-corrected chi connectivity index (χ1v) is 9.62. The maximum absolute atomic E-state index is 4.11. The topological polar surface area (TPSA) is 41.0 Å². The summed E-state index contributed by atoms with van der Waals surface area (Å²) in [4.78, 5) is 10.9. The number of rotatable bonds is 2. The normalized spacial score (nSPS) is 31.1. The minimum Gasteiger partial charge on any atom is -0.353 e. The fourth-order valence-electron chi connectivity index (χ4n) is 5.80. The number of aromatic nitrogens is 2. The first kappa shape index (κ1) is 15.3. The lowest BCUT2D eigenvalue weighted by molar-refractivity contribution is 0.00290. The van der Waals surface area contributed by atoms with Crippen LogP contribution in [0.5, 0.6) is 0 Å². The van der Waals surface area contributed by atoms with Crippen molar-refractivity contribution in [3.05, 3.63) is 48.0 Å². The van der Waals surface area contributed by atoms with Crippen LogP contribution in [0.3, 0.4) is 0 Å². The number of nitrogens with zero attached hydrogens (tertiary/aromatic N) is 3. The summed E-state index contributed by atoms with van der Waals surface area (Å²) in [5.74, 6) is 0.836. The van der Waals surface area contributed by atoms with Gasteiger partial charge in [0, 0.05) is 17.1 Å². The van der Waals surface area contributed by atoms with E-state index in [-0.39, 0.29) is 0 Å². The molecule has 2 aromatic rings. The molecule has 25 heavy (non-hydrogen) atoms. The number of benzene rings is 1. The molecule has 1 unspecified atom stereocenters. The highest BCUT2D eigenvalue weighted by molar-refractivity contribution is 5.61. The Hall–Kier alpha value is -1.94. The summed E-state index contributed by atoms with van der Waals surface area (Å²) in [6.45, 7) is 1.24. The minimum absolute atomic E-state index is 0.411. The van der Waals surface area contributed by atoms with E-state index < -0.39 is 0 Å². The van der Waals surface area contributed by atoms with Crippen LogP contribution in [0, 0.1) is 5.92 Å². The Morgan fingerprint density at radius 3 is 2.88 bits per heavy atom. The number of fused-ring (bicyclic) bond motifs is 1. The van der Waals surface area contributed by atoms with Crippen molar-refractivity contribution in [3.63, 3.8) is 0 Å². The molecule has 1 saturated carbocycles. The Morgan fingerprint density at radius 2 is 2.00 bits per heavy atom. The second kappa shape index (κ2) is 5.80. The molecule has 2 heterocycles. The third-order valence-corrected chi connectivity index (χ3v) is 6.96. The van der Waals surface area contributed by atoms with E-state index in [4.69, 9.17) is 0 Å². The Kier molecular flexibility index (Phi) is 3.56. The van der Waals surface area contributed by atoms with Gasteiger partial charge >= 0.3 is 0 Å². The zero-order chi connectivity index (χ0) is 16.9. The molecule has 2 fully saturated rings. The highest BCUT2D eigenvalue weighted by Gasteiger charge is 2.52. The molecule has 2 bridgehead atoms. The molecule has 0 amide bonds. The van der Waals surface area contributed by atoms with Crippen LogP contribution in [0.15, 0.2) is 36.9 Å². The van der Waals surface area contributed by atoms with Crippen LogP contribution in [-0.4, -0.2) is 34.5 Å². The van der Waals surface area contributed by atoms with E-state index in [1.807, 2.05) is 12.4 Å². The average molecular weight is 334 g/mol. The Bertz CT molecular complexity index is 775. The second-order valence-electron chi connectivity index (χ2n) is 8.13. The maximum Gasteiger partial charge on any atom is 0.115 e. The predicted octanol–water partition coefficient (Wildman–Crippen LogP) is 3.91. The van der Waals surface area contributed by atoms with Crippen LogP contribution < -0.4 is 5.32 Å². The van der Waals surface area contributed by atoms with Gasteiger partial charge in [0.1, 0.15) is 6.33 Å². The Balaban J connectivity index is 1.56. The monoisotopic (exact) mass is 334 g/mol. The molecule has 0 radical (unpaired) electrons. The van der Waals surface area contributed by atoms with Gasteiger partial charge in [0.15, 0.2) is 0 Å². The molecule has 1 saturated heterocycles. The Morgan fingerprint density at radius 1 is 1.12 bits per heavy atom. The van der Waals surface area contributed by atoms with Gasteiger partial charge in [-0.05, 0) is 68.5 Å². The smallest absolute Gasteiger partial charge is 0.115 e. The number of likely N-dealkylation sites (tertiary alicyclic amines) is 1. The van der Waals surface area contributed by atoms with E-state index in [1.165, 1.54) is 50.8 Å². The summed E-state index contributed by atoms with van der Waals surface area (Å²) in [7, 11) is 2.33. The molecule has 1 aliphatic heterocycles. The first-order chi connectivity index (χ1) is 12.3. The van der Waals surface area contributed by atoms with Gasteiger partial charge in [-0.15, -0.1) is 0 Å². The van der Waals surface area contributed by atoms with Crippen LogP contribution in [0.4, 0.5) is 11.4 Å². The van der Waals surface area contributed by atoms with Crippen LogP contribution in [0.25, 0.3) is 0 Å². The average Bonchev–Trinajstić information content (AvgIpc) is 2.66. The van der Waals surface area contributed by atoms with Gasteiger partial charge in [0.25, 0.3) is 0 Å². The molecule has 1 aromatic heterocycles. The molecule has 4 nitrogen and oxygen atoms in total. The summed E-state index contributed by atoms with van der Waals surface area (Å²) in [6, 6.07) is 7.76. The lowest BCUT2D eigenvalue weighted by Gasteiger charge is -2.58. The van der Waals surface area contributed by atoms with E-state index in [2.05, 4.69) is 45.4 Å². The molecular formula is C21H26N4. The summed E-state index contributed by atoms with van der Waals surface area (Å²) < 4.78 is 0. The SMILES string of the molecule is CN1CCC23CCCC[C@H]2[C@H]1Cc1ccc(Nc2cncnc2)cc13. The molecule has 3 aliphatic rings. The fraction of sp³-hybridized carbons (Fsp3) is 0.524. The zero-order valence-corrected chi connectivity index (χ0v) is 14.9. The number of nitrogens with one attached hydrogen (secondary N) is 1. The van der Waals surface area contributed by atoms with Crippen LogP contribution in [0.2, 0.25) is 0 Å². The van der Waals surface area contributed by atoms with E-state index >= 15 is 0 Å². The van der Waals surface area contributed by atoms with E-state index in [0.29, 0.717) is 5.41 Å². The van der Waals surface area contributed by atoms with Crippen molar-refractivity contribution in [2.75, 3.05) is 18.9 Å².